The van der Waals surface area contributed by atoms with Gasteiger partial charge in [-0.15, -0.1) is 0 Å². The van der Waals surface area contributed by atoms with E-state index in [0.29, 0.717) is 16.8 Å². The Morgan fingerprint density at radius 3 is 2.78 bits per heavy atom. The molecule has 2 radical (unpaired) electrons. The van der Waals surface area contributed by atoms with Gasteiger partial charge >= 0.3 is 5.97 Å². The van der Waals surface area contributed by atoms with E-state index >= 15 is 0 Å². The SMILES string of the molecule is [B]c1cc2c(=O)n(CC(=O)O)nc(C(C)C)n2c1. The molecule has 0 spiro atoms. The van der Waals surface area contributed by atoms with Crippen LogP contribution in [-0.2, 0) is 11.3 Å². The minimum Gasteiger partial charge on any atom is -0.480 e. The lowest BCUT2D eigenvalue weighted by atomic mass is 10.0. The molecule has 2 rings (SSSR count). The van der Waals surface area contributed by atoms with Crippen molar-refractivity contribution < 1.29 is 9.90 Å². The molecule has 0 aliphatic rings. The van der Waals surface area contributed by atoms with Crippen LogP contribution in [0, 0.1) is 0 Å². The first kappa shape index (κ1) is 12.4. The van der Waals surface area contributed by atoms with Gasteiger partial charge in [0.2, 0.25) is 0 Å². The van der Waals surface area contributed by atoms with Crippen molar-refractivity contribution in [3.8, 4) is 0 Å². The summed E-state index contributed by atoms with van der Waals surface area (Å²) in [5.74, 6) is -0.467. The Balaban J connectivity index is 2.78. The molecule has 7 heteroatoms. The summed E-state index contributed by atoms with van der Waals surface area (Å²) >= 11 is 0. The summed E-state index contributed by atoms with van der Waals surface area (Å²) in [6.07, 6.45) is 1.62. The molecular weight excluding hydrogens is 233 g/mol. The molecule has 0 unspecified atom stereocenters. The van der Waals surface area contributed by atoms with Crippen molar-refractivity contribution in [1.82, 2.24) is 14.2 Å². The summed E-state index contributed by atoms with van der Waals surface area (Å²) in [5, 5.41) is 12.9. The number of aliphatic carboxylic acids is 1. The Bertz CT molecular complexity index is 672. The summed E-state index contributed by atoms with van der Waals surface area (Å²) in [5.41, 5.74) is 0.329. The maximum Gasteiger partial charge on any atom is 0.325 e. The van der Waals surface area contributed by atoms with Crippen LogP contribution in [0.3, 0.4) is 0 Å². The third-order valence-electron chi connectivity index (χ3n) is 2.57. The van der Waals surface area contributed by atoms with Crippen molar-refractivity contribution >= 4 is 24.8 Å². The summed E-state index contributed by atoms with van der Waals surface area (Å²) < 4.78 is 2.56. The molecule has 0 aliphatic carbocycles. The van der Waals surface area contributed by atoms with E-state index < -0.39 is 18.1 Å². The third-order valence-corrected chi connectivity index (χ3v) is 2.57. The number of rotatable bonds is 3. The van der Waals surface area contributed by atoms with Crippen LogP contribution in [-0.4, -0.2) is 33.1 Å². The minimum absolute atomic E-state index is 0.0416. The van der Waals surface area contributed by atoms with Crippen LogP contribution in [0.2, 0.25) is 0 Å². The van der Waals surface area contributed by atoms with Gasteiger partial charge in [-0.1, -0.05) is 19.3 Å². The van der Waals surface area contributed by atoms with Crippen molar-refractivity contribution in [2.75, 3.05) is 0 Å². The van der Waals surface area contributed by atoms with Crippen molar-refractivity contribution in [1.29, 1.82) is 0 Å². The second-order valence-corrected chi connectivity index (χ2v) is 4.40. The van der Waals surface area contributed by atoms with Crippen LogP contribution in [0.25, 0.3) is 5.52 Å². The molecule has 1 N–H and O–H groups in total. The first-order valence-electron chi connectivity index (χ1n) is 5.50. The predicted molar refractivity (Wildman–Crippen MR) is 66.6 cm³/mol. The van der Waals surface area contributed by atoms with Crippen LogP contribution >= 0.6 is 0 Å². The summed E-state index contributed by atoms with van der Waals surface area (Å²) in [6, 6.07) is 1.52. The number of hydrogen-bond acceptors (Lipinski definition) is 3. The normalized spacial score (nSPS) is 11.3. The molecule has 2 aromatic heterocycles. The van der Waals surface area contributed by atoms with Crippen molar-refractivity contribution in [2.45, 2.75) is 26.3 Å². The number of carboxylic acid groups (broad SMARTS) is 1. The van der Waals surface area contributed by atoms with Gasteiger partial charge in [0.15, 0.2) is 0 Å². The first-order valence-corrected chi connectivity index (χ1v) is 5.50. The molecule has 0 saturated heterocycles. The maximum absolute atomic E-state index is 12.0. The van der Waals surface area contributed by atoms with Crippen molar-refractivity contribution in [2.24, 2.45) is 0 Å². The van der Waals surface area contributed by atoms with Gasteiger partial charge in [0, 0.05) is 12.1 Å². The third kappa shape index (κ3) is 2.03. The summed E-state index contributed by atoms with van der Waals surface area (Å²) in [4.78, 5) is 22.7. The van der Waals surface area contributed by atoms with Gasteiger partial charge in [0.25, 0.3) is 5.56 Å². The van der Waals surface area contributed by atoms with E-state index in [9.17, 15) is 9.59 Å². The van der Waals surface area contributed by atoms with E-state index in [1.165, 1.54) is 6.07 Å². The lowest BCUT2D eigenvalue weighted by molar-refractivity contribution is -0.138. The fourth-order valence-electron chi connectivity index (χ4n) is 1.82. The Morgan fingerprint density at radius 2 is 2.22 bits per heavy atom. The Labute approximate surface area is 104 Å². The van der Waals surface area contributed by atoms with Crippen LogP contribution < -0.4 is 11.0 Å². The smallest absolute Gasteiger partial charge is 0.325 e. The van der Waals surface area contributed by atoms with Crippen molar-refractivity contribution in [3.63, 3.8) is 0 Å². The van der Waals surface area contributed by atoms with Crippen LogP contribution in [0.15, 0.2) is 17.1 Å². The molecule has 0 bridgehead atoms. The number of hydrogen-bond donors (Lipinski definition) is 1. The fourth-order valence-corrected chi connectivity index (χ4v) is 1.82. The molecule has 0 amide bonds. The molecule has 0 saturated carbocycles. The standard InChI is InChI=1S/C11H12BN3O3/c1-6(2)10-13-15(5-9(16)17)11(18)8-3-7(12)4-14(8)10/h3-4,6H,5H2,1-2H3,(H,16,17). The first-order chi connectivity index (χ1) is 8.40. The molecule has 0 aliphatic heterocycles. The molecule has 92 valence electrons. The van der Waals surface area contributed by atoms with Crippen molar-refractivity contribution in [3.05, 3.63) is 28.4 Å². The lowest BCUT2D eigenvalue weighted by Gasteiger charge is -2.11. The zero-order valence-corrected chi connectivity index (χ0v) is 10.1. The van der Waals surface area contributed by atoms with Gasteiger partial charge < -0.3 is 5.11 Å². The van der Waals surface area contributed by atoms with Gasteiger partial charge in [0.05, 0.1) is 0 Å². The highest BCUT2D eigenvalue weighted by molar-refractivity contribution is 6.32. The Hall–Kier alpha value is -2.05. The van der Waals surface area contributed by atoms with Gasteiger partial charge in [-0.3, -0.25) is 14.0 Å². The van der Waals surface area contributed by atoms with Gasteiger partial charge in [-0.05, 0) is 6.07 Å². The molecule has 0 fully saturated rings. The van der Waals surface area contributed by atoms with Gasteiger partial charge in [-0.2, -0.15) is 5.10 Å². The van der Waals surface area contributed by atoms with E-state index in [1.54, 1.807) is 10.6 Å². The summed E-state index contributed by atoms with van der Waals surface area (Å²) in [7, 11) is 5.67. The monoisotopic (exact) mass is 245 g/mol. The van der Waals surface area contributed by atoms with Crippen LogP contribution in [0.4, 0.5) is 0 Å². The number of fused-ring (bicyclic) bond motifs is 1. The Morgan fingerprint density at radius 1 is 1.56 bits per heavy atom. The highest BCUT2D eigenvalue weighted by Crippen LogP contribution is 2.11. The Kier molecular flexibility index (Phi) is 2.98. The second kappa shape index (κ2) is 4.32. The number of nitrogens with zero attached hydrogens (tertiary/aromatic N) is 3. The van der Waals surface area contributed by atoms with Gasteiger partial charge in [0.1, 0.15) is 25.7 Å². The largest absolute Gasteiger partial charge is 0.480 e. The highest BCUT2D eigenvalue weighted by Gasteiger charge is 2.14. The lowest BCUT2D eigenvalue weighted by Crippen LogP contribution is -2.30. The van der Waals surface area contributed by atoms with E-state index in [-0.39, 0.29) is 5.92 Å². The molecule has 2 heterocycles. The zero-order chi connectivity index (χ0) is 13.4. The maximum atomic E-state index is 12.0. The number of carboxylic acids is 1. The summed E-state index contributed by atoms with van der Waals surface area (Å²) in [6.45, 7) is 3.36. The fraction of sp³-hybridized carbons (Fsp3) is 0.364. The molecule has 18 heavy (non-hydrogen) atoms. The van der Waals surface area contributed by atoms with E-state index in [1.807, 2.05) is 13.8 Å². The second-order valence-electron chi connectivity index (χ2n) is 4.40. The van der Waals surface area contributed by atoms with Crippen LogP contribution in [0.5, 0.6) is 0 Å². The predicted octanol–water partition coefficient (Wildman–Crippen LogP) is -0.502. The highest BCUT2D eigenvalue weighted by atomic mass is 16.4. The zero-order valence-electron chi connectivity index (χ0n) is 10.1. The molecule has 0 aromatic carbocycles. The van der Waals surface area contributed by atoms with E-state index in [0.717, 1.165) is 4.68 Å². The number of aromatic nitrogens is 3. The van der Waals surface area contributed by atoms with Gasteiger partial charge in [-0.25, -0.2) is 4.68 Å². The molecule has 0 atom stereocenters. The average molecular weight is 245 g/mol. The average Bonchev–Trinajstić information content (AvgIpc) is 2.63. The quantitative estimate of drug-likeness (QED) is 0.739. The molecule has 6 nitrogen and oxygen atoms in total. The van der Waals surface area contributed by atoms with E-state index in [4.69, 9.17) is 13.0 Å². The number of carbonyl (C=O) groups is 1. The topological polar surface area (TPSA) is 76.6 Å². The minimum atomic E-state index is -1.11. The van der Waals surface area contributed by atoms with Crippen LogP contribution in [0.1, 0.15) is 25.6 Å². The molecule has 2 aromatic rings. The molecular formula is C11H12BN3O3. The van der Waals surface area contributed by atoms with E-state index in [2.05, 4.69) is 5.10 Å².